The van der Waals surface area contributed by atoms with Crippen molar-refractivity contribution in [3.8, 4) is 22.8 Å². The maximum absolute atomic E-state index is 15.0. The Bertz CT molecular complexity index is 2330. The van der Waals surface area contributed by atoms with Crippen molar-refractivity contribution in [1.29, 1.82) is 0 Å². The number of hydrogen-bond donors (Lipinski definition) is 1. The van der Waals surface area contributed by atoms with Crippen molar-refractivity contribution >= 4 is 53.9 Å². The number of H-pyrrole nitrogens is 1. The van der Waals surface area contributed by atoms with Gasteiger partial charge in [0.2, 0.25) is 0 Å². The van der Waals surface area contributed by atoms with E-state index in [4.69, 9.17) is 13.5 Å². The molecule has 11 nitrogen and oxygen atoms in total. The summed E-state index contributed by atoms with van der Waals surface area (Å²) in [5.74, 6) is -0.0963. The average Bonchev–Trinajstić information content (AvgIpc) is 3.83. The van der Waals surface area contributed by atoms with Crippen LogP contribution < -0.4 is 35.3 Å². The van der Waals surface area contributed by atoms with Crippen molar-refractivity contribution in [1.82, 2.24) is 20.2 Å². The Labute approximate surface area is 303 Å². The Balaban J connectivity index is 1.66. The fraction of sp³-hybridized carbons (Fsp3) is 0.0278. The number of aromatic nitrogens is 4. The number of aryl methyl sites for hydroxylation is 1. The van der Waals surface area contributed by atoms with Gasteiger partial charge in [-0.25, -0.2) is 0 Å². The Hall–Kier alpha value is -4.56. The molecule has 7 rings (SSSR count). The molecule has 0 spiro atoms. The van der Waals surface area contributed by atoms with E-state index < -0.39 is 42.6 Å². The van der Waals surface area contributed by atoms with Gasteiger partial charge in [-0.3, -0.25) is 0 Å². The van der Waals surface area contributed by atoms with E-state index in [1.165, 1.54) is 0 Å². The van der Waals surface area contributed by atoms with Crippen LogP contribution in [0.5, 0.6) is 0 Å². The molecule has 1 N–H and O–H groups in total. The topological polar surface area (TPSA) is 180 Å². The molecule has 0 aliphatic carbocycles. The van der Waals surface area contributed by atoms with Gasteiger partial charge in [-0.1, -0.05) is 0 Å². The molecular formula is C36H27BrClN4O7PS. The number of sulfone groups is 1. The van der Waals surface area contributed by atoms with Gasteiger partial charge in [-0.15, -0.1) is 0 Å². The van der Waals surface area contributed by atoms with Gasteiger partial charge >= 0.3 is 305 Å². The minimum atomic E-state index is -5.57. The molecule has 15 heteroatoms. The summed E-state index contributed by atoms with van der Waals surface area (Å²) in [6, 6.07) is 38.3. The number of benzene rings is 5. The first-order valence-corrected chi connectivity index (χ1v) is 20.9. The van der Waals surface area contributed by atoms with Gasteiger partial charge in [0.15, 0.2) is 0 Å². The van der Waals surface area contributed by atoms with E-state index >= 15 is 0 Å². The van der Waals surface area contributed by atoms with E-state index in [1.54, 1.807) is 140 Å². The van der Waals surface area contributed by atoms with Crippen LogP contribution in [0.15, 0.2) is 159 Å². The zero-order valence-electron chi connectivity index (χ0n) is 26.6. The SMILES string of the molecule is Cc1ccc(-c2nc(P(O[Cl+3]([O-])([O-])[O-])(c3ccccc3)(c3ccccc3)c3ccccc3)c(S(=O)(=O)c3nc(-c4ccc(Br)cc4)n[nH]3)o2)cc1. The van der Waals surface area contributed by atoms with E-state index in [9.17, 15) is 22.4 Å². The summed E-state index contributed by atoms with van der Waals surface area (Å²) in [5.41, 5.74) is 1.38. The van der Waals surface area contributed by atoms with Crippen molar-refractivity contribution in [3.05, 3.63) is 150 Å². The van der Waals surface area contributed by atoms with Gasteiger partial charge in [0.25, 0.3) is 0 Å². The molecule has 0 fully saturated rings. The zero-order chi connectivity index (χ0) is 35.9. The molecule has 0 atom stereocenters. The number of halogens is 2. The van der Waals surface area contributed by atoms with Gasteiger partial charge in [-0.2, -0.15) is 0 Å². The molecule has 0 saturated heterocycles. The Morgan fingerprint density at radius 3 is 1.69 bits per heavy atom. The molecule has 0 aliphatic heterocycles. The van der Waals surface area contributed by atoms with Crippen LogP contribution >= 0.6 is 22.8 Å². The van der Waals surface area contributed by atoms with E-state index in [1.807, 2.05) is 6.92 Å². The van der Waals surface area contributed by atoms with Crippen molar-refractivity contribution in [2.24, 2.45) is 0 Å². The Kier molecular flexibility index (Phi) is 9.03. The van der Waals surface area contributed by atoms with Gasteiger partial charge in [-0.05, 0) is 0 Å². The van der Waals surface area contributed by atoms with Crippen LogP contribution in [-0.2, 0) is 13.9 Å². The molecule has 7 aromatic rings. The standard InChI is InChI=1S/C36H27BrClN4O7PS/c1-25-17-19-27(20-18-25)33-40-34(35(48-33)51(46,47)36-39-32(41-42-36)26-21-23-28(37)24-22-26)50(49-38(43,44)45,29-11-5-2-6-12-29,30-13-7-3-8-14-30)31-15-9-4-10-16-31/h2-24H,1H3,(H,39,41,42). The van der Waals surface area contributed by atoms with Gasteiger partial charge in [0.05, 0.1) is 0 Å². The normalized spacial score (nSPS) is 13.1. The first-order valence-electron chi connectivity index (χ1n) is 15.2. The molecule has 2 aromatic heterocycles. The average molecular weight is 806 g/mol. The Morgan fingerprint density at radius 1 is 0.706 bits per heavy atom. The first-order chi connectivity index (χ1) is 24.4. The van der Waals surface area contributed by atoms with Crippen LogP contribution in [-0.4, -0.2) is 28.6 Å². The van der Waals surface area contributed by atoms with Crippen LogP contribution in [0.1, 0.15) is 5.56 Å². The van der Waals surface area contributed by atoms with E-state index in [2.05, 4.69) is 31.1 Å². The molecule has 2 heterocycles. The third-order valence-corrected chi connectivity index (χ3v) is 17.2. The monoisotopic (exact) mass is 804 g/mol. The predicted octanol–water partition coefficient (Wildman–Crippen LogP) is 3.01. The second-order valence-electron chi connectivity index (χ2n) is 11.5. The van der Waals surface area contributed by atoms with Crippen molar-refractivity contribution in [2.75, 3.05) is 0 Å². The number of hydrogen-bond acceptors (Lipinski definition) is 10. The molecule has 51 heavy (non-hydrogen) atoms. The zero-order valence-corrected chi connectivity index (χ0v) is 30.6. The number of rotatable bonds is 10. The Morgan fingerprint density at radius 2 is 1.20 bits per heavy atom. The maximum atomic E-state index is 15.0. The van der Waals surface area contributed by atoms with Crippen LogP contribution in [0.2, 0.25) is 0 Å². The third kappa shape index (κ3) is 6.01. The molecule has 258 valence electrons. The van der Waals surface area contributed by atoms with Crippen LogP contribution in [0.4, 0.5) is 0 Å². The second-order valence-corrected chi connectivity index (χ2v) is 19.5. The van der Waals surface area contributed by atoms with Crippen LogP contribution in [0.3, 0.4) is 0 Å². The molecule has 0 unspecified atom stereocenters. The summed E-state index contributed by atoms with van der Waals surface area (Å²) < 4.78 is 82.8. The van der Waals surface area contributed by atoms with Gasteiger partial charge in [0.1, 0.15) is 0 Å². The van der Waals surface area contributed by atoms with Crippen molar-refractivity contribution in [2.45, 2.75) is 17.2 Å². The van der Waals surface area contributed by atoms with Crippen molar-refractivity contribution < 1.29 is 41.1 Å². The summed E-state index contributed by atoms with van der Waals surface area (Å²) in [7, 11) is -10.2. The van der Waals surface area contributed by atoms with E-state index in [0.717, 1.165) is 10.0 Å². The quantitative estimate of drug-likeness (QED) is 0.202. The van der Waals surface area contributed by atoms with E-state index in [0.29, 0.717) is 11.1 Å². The number of nitrogens with one attached hydrogen (secondary N) is 1. The van der Waals surface area contributed by atoms with E-state index in [-0.39, 0.29) is 27.6 Å². The molecule has 0 amide bonds. The molecule has 0 saturated carbocycles. The molecule has 0 aliphatic rings. The first kappa shape index (κ1) is 34.9. The summed E-state index contributed by atoms with van der Waals surface area (Å²) in [5, 5.41) is 5.79. The molecular weight excluding hydrogens is 779 g/mol. The fourth-order valence-electron chi connectivity index (χ4n) is 6.02. The second kappa shape index (κ2) is 13.2. The van der Waals surface area contributed by atoms with Crippen LogP contribution in [0.25, 0.3) is 22.8 Å². The predicted molar refractivity (Wildman–Crippen MR) is 188 cm³/mol. The summed E-state index contributed by atoms with van der Waals surface area (Å²) in [6.07, 6.45) is 0. The third-order valence-electron chi connectivity index (χ3n) is 8.32. The number of nitrogens with zero attached hydrogens (tertiary/aromatic N) is 3. The minimum absolute atomic E-state index is 0.0736. The number of oxazole rings is 1. The summed E-state index contributed by atoms with van der Waals surface area (Å²) in [6.45, 7) is -3.69. The fourth-order valence-corrected chi connectivity index (χ4v) is 15.3. The molecule has 0 bridgehead atoms. The molecule has 0 radical (unpaired) electrons. The summed E-state index contributed by atoms with van der Waals surface area (Å²) in [4.78, 5) is 9.17. The van der Waals surface area contributed by atoms with Crippen LogP contribution in [0, 0.1) is 17.2 Å². The molecule has 5 aromatic carbocycles. The summed E-state index contributed by atoms with van der Waals surface area (Å²) >= 11 is 3.38. The van der Waals surface area contributed by atoms with Crippen molar-refractivity contribution in [3.63, 3.8) is 0 Å². The van der Waals surface area contributed by atoms with Gasteiger partial charge < -0.3 is 0 Å². The number of aromatic amines is 1. The van der Waals surface area contributed by atoms with Gasteiger partial charge in [0, 0.05) is 0 Å².